The maximum Gasteiger partial charge on any atom is 0.254 e. The van der Waals surface area contributed by atoms with E-state index < -0.39 is 0 Å². The van der Waals surface area contributed by atoms with Crippen LogP contribution in [0.1, 0.15) is 24.6 Å². The zero-order valence-electron chi connectivity index (χ0n) is 16.0. The number of nitrogens with zero attached hydrogens (tertiary/aromatic N) is 4. The predicted octanol–water partition coefficient (Wildman–Crippen LogP) is 3.40. The van der Waals surface area contributed by atoms with E-state index in [2.05, 4.69) is 27.5 Å². The summed E-state index contributed by atoms with van der Waals surface area (Å²) >= 11 is 0. The van der Waals surface area contributed by atoms with Gasteiger partial charge in [0.2, 0.25) is 5.82 Å². The van der Waals surface area contributed by atoms with E-state index >= 15 is 0 Å². The third-order valence-electron chi connectivity index (χ3n) is 4.82. The van der Waals surface area contributed by atoms with Crippen LogP contribution in [0.25, 0.3) is 22.5 Å². The number of rotatable bonds is 6. The summed E-state index contributed by atoms with van der Waals surface area (Å²) in [7, 11) is 0. The SMILES string of the molecule is CCCc1cc(O)cc(=O)n1Cc1ccc(-c2ccccc2-c2nn[nH]n2)cc1. The third kappa shape index (κ3) is 3.94. The van der Waals surface area contributed by atoms with Gasteiger partial charge in [0.15, 0.2) is 0 Å². The molecule has 0 radical (unpaired) electrons. The summed E-state index contributed by atoms with van der Waals surface area (Å²) in [5.41, 5.74) is 4.59. The second-order valence-corrected chi connectivity index (χ2v) is 6.86. The quantitative estimate of drug-likeness (QED) is 0.528. The largest absolute Gasteiger partial charge is 0.508 e. The van der Waals surface area contributed by atoms with Crippen molar-refractivity contribution in [2.75, 3.05) is 0 Å². The summed E-state index contributed by atoms with van der Waals surface area (Å²) in [6.07, 6.45) is 1.63. The Morgan fingerprint density at radius 1 is 1.03 bits per heavy atom. The van der Waals surface area contributed by atoms with Crippen LogP contribution in [-0.4, -0.2) is 30.3 Å². The average molecular weight is 387 g/mol. The van der Waals surface area contributed by atoms with Gasteiger partial charge in [0.25, 0.3) is 5.56 Å². The summed E-state index contributed by atoms with van der Waals surface area (Å²) in [6, 6.07) is 18.9. The van der Waals surface area contributed by atoms with Crippen LogP contribution < -0.4 is 5.56 Å². The lowest BCUT2D eigenvalue weighted by atomic mass is 9.98. The Bertz CT molecular complexity index is 1160. The number of aryl methyl sites for hydroxylation is 1. The van der Waals surface area contributed by atoms with Crippen molar-refractivity contribution in [3.63, 3.8) is 0 Å². The Labute approximate surface area is 167 Å². The molecule has 0 bridgehead atoms. The van der Waals surface area contributed by atoms with Gasteiger partial charge in [-0.05, 0) is 34.4 Å². The molecule has 29 heavy (non-hydrogen) atoms. The van der Waals surface area contributed by atoms with Crippen LogP contribution in [0.4, 0.5) is 0 Å². The van der Waals surface area contributed by atoms with E-state index in [1.165, 1.54) is 6.07 Å². The Balaban J connectivity index is 1.65. The molecule has 0 fully saturated rings. The molecular formula is C22H21N5O2. The number of aromatic hydroxyl groups is 1. The first-order valence-electron chi connectivity index (χ1n) is 9.50. The van der Waals surface area contributed by atoms with Gasteiger partial charge in [-0.25, -0.2) is 0 Å². The molecular weight excluding hydrogens is 366 g/mol. The van der Waals surface area contributed by atoms with Gasteiger partial charge in [-0.15, -0.1) is 10.2 Å². The van der Waals surface area contributed by atoms with Crippen LogP contribution in [-0.2, 0) is 13.0 Å². The van der Waals surface area contributed by atoms with E-state index in [0.29, 0.717) is 12.4 Å². The number of aromatic nitrogens is 5. The fraction of sp³-hybridized carbons (Fsp3) is 0.182. The smallest absolute Gasteiger partial charge is 0.254 e. The first-order chi connectivity index (χ1) is 14.2. The van der Waals surface area contributed by atoms with Gasteiger partial charge in [-0.3, -0.25) is 4.79 Å². The molecule has 2 heterocycles. The summed E-state index contributed by atoms with van der Waals surface area (Å²) < 4.78 is 1.71. The molecule has 146 valence electrons. The summed E-state index contributed by atoms with van der Waals surface area (Å²) in [5.74, 6) is 0.563. The Kier molecular flexibility index (Phi) is 5.20. The van der Waals surface area contributed by atoms with Gasteiger partial charge in [-0.1, -0.05) is 61.9 Å². The number of pyridine rings is 1. The van der Waals surface area contributed by atoms with Crippen molar-refractivity contribution in [2.45, 2.75) is 26.3 Å². The molecule has 0 saturated heterocycles. The van der Waals surface area contributed by atoms with Crippen molar-refractivity contribution < 1.29 is 5.11 Å². The molecule has 4 aromatic rings. The van der Waals surface area contributed by atoms with Gasteiger partial charge in [-0.2, -0.15) is 5.21 Å². The zero-order valence-corrected chi connectivity index (χ0v) is 16.0. The lowest BCUT2D eigenvalue weighted by Gasteiger charge is -2.13. The standard InChI is InChI=1S/C22H21N5O2/c1-2-5-17-12-18(28)13-21(29)27(17)14-15-8-10-16(11-9-15)19-6-3-4-7-20(19)22-23-25-26-24-22/h3-4,6-13,28H,2,5,14H2,1H3,(H,23,24,25,26). The van der Waals surface area contributed by atoms with Gasteiger partial charge < -0.3 is 9.67 Å². The molecule has 0 aliphatic heterocycles. The molecule has 0 atom stereocenters. The monoisotopic (exact) mass is 387 g/mol. The second-order valence-electron chi connectivity index (χ2n) is 6.86. The van der Waals surface area contributed by atoms with Gasteiger partial charge in [0.05, 0.1) is 6.54 Å². The minimum atomic E-state index is -0.194. The molecule has 0 aliphatic rings. The molecule has 2 N–H and O–H groups in total. The zero-order chi connectivity index (χ0) is 20.2. The Hall–Kier alpha value is -3.74. The maximum atomic E-state index is 12.4. The first kappa shape index (κ1) is 18.6. The Morgan fingerprint density at radius 3 is 2.48 bits per heavy atom. The molecule has 2 aromatic heterocycles. The molecule has 0 saturated carbocycles. The van der Waals surface area contributed by atoms with Crippen molar-refractivity contribution >= 4 is 0 Å². The van der Waals surface area contributed by atoms with Crippen molar-refractivity contribution in [2.24, 2.45) is 0 Å². The van der Waals surface area contributed by atoms with Crippen LogP contribution in [0, 0.1) is 0 Å². The first-order valence-corrected chi connectivity index (χ1v) is 9.50. The normalized spacial score (nSPS) is 10.9. The molecule has 0 unspecified atom stereocenters. The number of tetrazole rings is 1. The van der Waals surface area contributed by atoms with E-state index in [-0.39, 0.29) is 11.3 Å². The van der Waals surface area contributed by atoms with Crippen LogP contribution >= 0.6 is 0 Å². The van der Waals surface area contributed by atoms with Crippen molar-refractivity contribution in [3.8, 4) is 28.3 Å². The molecule has 0 amide bonds. The van der Waals surface area contributed by atoms with E-state index in [4.69, 9.17) is 0 Å². The molecule has 2 aromatic carbocycles. The molecule has 7 heteroatoms. The average Bonchev–Trinajstić information content (AvgIpc) is 3.26. The lowest BCUT2D eigenvalue weighted by molar-refractivity contribution is 0.469. The summed E-state index contributed by atoms with van der Waals surface area (Å²) in [4.78, 5) is 12.4. The molecule has 0 spiro atoms. The maximum absolute atomic E-state index is 12.4. The lowest BCUT2D eigenvalue weighted by Crippen LogP contribution is -2.23. The fourth-order valence-corrected chi connectivity index (χ4v) is 3.46. The van der Waals surface area contributed by atoms with Crippen molar-refractivity contribution in [1.82, 2.24) is 25.2 Å². The van der Waals surface area contributed by atoms with E-state index in [1.54, 1.807) is 10.6 Å². The van der Waals surface area contributed by atoms with Gasteiger partial charge in [0, 0.05) is 17.3 Å². The minimum Gasteiger partial charge on any atom is -0.508 e. The van der Waals surface area contributed by atoms with Crippen molar-refractivity contribution in [3.05, 3.63) is 82.3 Å². The summed E-state index contributed by atoms with van der Waals surface area (Å²) in [6.45, 7) is 2.51. The minimum absolute atomic E-state index is 0.0168. The highest BCUT2D eigenvalue weighted by atomic mass is 16.3. The Morgan fingerprint density at radius 2 is 1.79 bits per heavy atom. The highest BCUT2D eigenvalue weighted by molar-refractivity contribution is 5.80. The number of aromatic amines is 1. The van der Waals surface area contributed by atoms with Crippen molar-refractivity contribution in [1.29, 1.82) is 0 Å². The number of nitrogens with one attached hydrogen (secondary N) is 1. The molecule has 4 rings (SSSR count). The van der Waals surface area contributed by atoms with E-state index in [0.717, 1.165) is 40.8 Å². The number of H-pyrrole nitrogens is 1. The van der Waals surface area contributed by atoms with E-state index in [9.17, 15) is 9.90 Å². The number of hydrogen-bond donors (Lipinski definition) is 2. The highest BCUT2D eigenvalue weighted by Crippen LogP contribution is 2.29. The van der Waals surface area contributed by atoms with Crippen LogP contribution in [0.3, 0.4) is 0 Å². The second kappa shape index (κ2) is 8.10. The fourth-order valence-electron chi connectivity index (χ4n) is 3.46. The number of benzene rings is 2. The van der Waals surface area contributed by atoms with Crippen LogP contribution in [0.2, 0.25) is 0 Å². The summed E-state index contributed by atoms with van der Waals surface area (Å²) in [5, 5.41) is 24.0. The van der Waals surface area contributed by atoms with Crippen LogP contribution in [0.5, 0.6) is 5.75 Å². The predicted molar refractivity (Wildman–Crippen MR) is 111 cm³/mol. The molecule has 0 aliphatic carbocycles. The van der Waals surface area contributed by atoms with Crippen LogP contribution in [0.15, 0.2) is 65.5 Å². The highest BCUT2D eigenvalue weighted by Gasteiger charge is 2.11. The third-order valence-corrected chi connectivity index (χ3v) is 4.82. The number of hydrogen-bond acceptors (Lipinski definition) is 5. The van der Waals surface area contributed by atoms with Gasteiger partial charge in [0.1, 0.15) is 5.75 Å². The molecule has 7 nitrogen and oxygen atoms in total. The topological polar surface area (TPSA) is 96.7 Å². The van der Waals surface area contributed by atoms with Gasteiger partial charge >= 0.3 is 0 Å². The van der Waals surface area contributed by atoms with E-state index in [1.807, 2.05) is 48.5 Å².